The highest BCUT2D eigenvalue weighted by atomic mass is 127. The van der Waals surface area contributed by atoms with Crippen molar-refractivity contribution in [1.29, 1.82) is 5.26 Å². The van der Waals surface area contributed by atoms with Gasteiger partial charge in [-0.2, -0.15) is 10.2 Å². The number of nitrogens with zero attached hydrogens (tertiary/aromatic N) is 4. The van der Waals surface area contributed by atoms with Crippen molar-refractivity contribution in [3.63, 3.8) is 0 Å². The summed E-state index contributed by atoms with van der Waals surface area (Å²) in [5, 5.41) is 17.7. The molecule has 12 heteroatoms. The number of hydrogen-bond acceptors (Lipinski definition) is 7. The van der Waals surface area contributed by atoms with Crippen LogP contribution in [0.1, 0.15) is 27.9 Å². The van der Waals surface area contributed by atoms with Crippen molar-refractivity contribution in [2.45, 2.75) is 10.8 Å². The summed E-state index contributed by atoms with van der Waals surface area (Å²) in [6, 6.07) is 9.73. The van der Waals surface area contributed by atoms with Crippen molar-refractivity contribution in [2.75, 3.05) is 35.7 Å². The van der Waals surface area contributed by atoms with Crippen LogP contribution in [0.4, 0.5) is 31.9 Å². The Hall–Kier alpha value is -4.12. The Kier molecular flexibility index (Phi) is 10.1. The number of hydrogen-bond donors (Lipinski definition) is 3. The Balaban J connectivity index is 1.60. The maximum absolute atomic E-state index is 14.3. The monoisotopic (exact) mass is 631 g/mol. The van der Waals surface area contributed by atoms with Gasteiger partial charge in [0.15, 0.2) is 0 Å². The van der Waals surface area contributed by atoms with E-state index in [0.29, 0.717) is 28.9 Å². The van der Waals surface area contributed by atoms with Gasteiger partial charge in [0.25, 0.3) is 5.91 Å². The molecule has 1 heterocycles. The van der Waals surface area contributed by atoms with Gasteiger partial charge in [-0.3, -0.25) is 9.59 Å². The van der Waals surface area contributed by atoms with Gasteiger partial charge in [0.05, 0.1) is 22.9 Å². The molecule has 196 valence electrons. The molecule has 0 bridgehead atoms. The Morgan fingerprint density at radius 3 is 2.66 bits per heavy atom. The minimum absolute atomic E-state index is 0.0741. The fourth-order valence-electron chi connectivity index (χ4n) is 3.31. The highest BCUT2D eigenvalue weighted by molar-refractivity contribution is 14.1. The van der Waals surface area contributed by atoms with E-state index in [1.165, 1.54) is 37.4 Å². The van der Waals surface area contributed by atoms with Crippen LogP contribution in [0.3, 0.4) is 0 Å². The van der Waals surface area contributed by atoms with Gasteiger partial charge in [-0.15, -0.1) is 0 Å². The summed E-state index contributed by atoms with van der Waals surface area (Å²) in [5.74, 6) is -1.48. The summed E-state index contributed by atoms with van der Waals surface area (Å²) in [5.41, 5.74) is 1.43. The molecule has 2 amide bonds. The first-order valence-corrected chi connectivity index (χ1v) is 12.9. The Morgan fingerprint density at radius 2 is 1.97 bits per heavy atom. The molecule has 3 rings (SSSR count). The Morgan fingerprint density at radius 1 is 1.18 bits per heavy atom. The summed E-state index contributed by atoms with van der Waals surface area (Å²) < 4.78 is 28.9. The van der Waals surface area contributed by atoms with E-state index < -0.39 is 23.4 Å². The van der Waals surface area contributed by atoms with E-state index in [9.17, 15) is 18.4 Å². The maximum atomic E-state index is 14.3. The number of halogens is 3. The Bertz CT molecular complexity index is 1390. The van der Waals surface area contributed by atoms with Gasteiger partial charge in [-0.1, -0.05) is 29.2 Å². The fraction of sp³-hybridized carbons (Fsp3) is 0.192. The highest BCUT2D eigenvalue weighted by Gasteiger charge is 2.15. The second kappa shape index (κ2) is 13.4. The zero-order valence-corrected chi connectivity index (χ0v) is 22.6. The predicted molar refractivity (Wildman–Crippen MR) is 150 cm³/mol. The Labute approximate surface area is 232 Å². The number of likely N-dealkylation sites (N-methyl/N-ethyl adjacent to an activating group) is 1. The highest BCUT2D eigenvalue weighted by Crippen LogP contribution is 2.26. The standard InChI is InChI=1S/C26H24F2IN7O2/c1-3-23(37)36(2)22-12-18(6-8-20(22)27)34-26-33-15-17(13-29)24(35-26)31-9-4-10-32-25(38)19-7-5-16(14-30)11-21(19)28/h3,5-8,11-12,15H,1,4,9-10,13H2,2H3,(H,32,38)(H2,31,33,34,35). The van der Waals surface area contributed by atoms with E-state index in [4.69, 9.17) is 5.26 Å². The smallest absolute Gasteiger partial charge is 0.254 e. The van der Waals surface area contributed by atoms with Crippen molar-refractivity contribution in [3.8, 4) is 6.07 Å². The van der Waals surface area contributed by atoms with Gasteiger partial charge in [-0.05, 0) is 48.9 Å². The van der Waals surface area contributed by atoms with E-state index in [-0.39, 0.29) is 29.3 Å². The van der Waals surface area contributed by atoms with Gasteiger partial charge in [0.1, 0.15) is 17.5 Å². The number of benzene rings is 2. The lowest BCUT2D eigenvalue weighted by Crippen LogP contribution is -2.26. The van der Waals surface area contributed by atoms with E-state index in [1.54, 1.807) is 6.20 Å². The number of alkyl halides is 1. The number of carbonyl (C=O) groups is 2. The van der Waals surface area contributed by atoms with Crippen molar-refractivity contribution >= 4 is 57.5 Å². The van der Waals surface area contributed by atoms with Gasteiger partial charge in [0.2, 0.25) is 11.9 Å². The second-order valence-corrected chi connectivity index (χ2v) is 8.70. The van der Waals surface area contributed by atoms with E-state index in [0.717, 1.165) is 22.6 Å². The molecule has 0 saturated carbocycles. The summed E-state index contributed by atoms with van der Waals surface area (Å²) in [4.78, 5) is 34.1. The molecule has 3 aromatic rings. The van der Waals surface area contributed by atoms with Crippen LogP contribution in [0.5, 0.6) is 0 Å². The number of carbonyl (C=O) groups excluding carboxylic acids is 2. The third-order valence-corrected chi connectivity index (χ3v) is 6.17. The zero-order chi connectivity index (χ0) is 27.7. The number of rotatable bonds is 11. The lowest BCUT2D eigenvalue weighted by Gasteiger charge is -2.17. The average molecular weight is 631 g/mol. The van der Waals surface area contributed by atoms with Gasteiger partial charge >= 0.3 is 0 Å². The molecular weight excluding hydrogens is 607 g/mol. The van der Waals surface area contributed by atoms with Crippen molar-refractivity contribution in [2.24, 2.45) is 0 Å². The molecule has 0 atom stereocenters. The zero-order valence-electron chi connectivity index (χ0n) is 20.4. The molecule has 0 fully saturated rings. The van der Waals surface area contributed by atoms with E-state index >= 15 is 0 Å². The van der Waals surface area contributed by atoms with Crippen LogP contribution >= 0.6 is 22.6 Å². The SMILES string of the molecule is C=CC(=O)N(C)c1cc(Nc2ncc(CI)c(NCCCNC(=O)c3ccc(C#N)cc3F)n2)ccc1F. The van der Waals surface area contributed by atoms with Crippen molar-refractivity contribution in [3.05, 3.63) is 83.6 Å². The molecule has 38 heavy (non-hydrogen) atoms. The molecule has 9 nitrogen and oxygen atoms in total. The maximum Gasteiger partial charge on any atom is 0.254 e. The minimum Gasteiger partial charge on any atom is -0.370 e. The second-order valence-electron chi connectivity index (χ2n) is 7.94. The van der Waals surface area contributed by atoms with Crippen molar-refractivity contribution in [1.82, 2.24) is 15.3 Å². The number of anilines is 4. The summed E-state index contributed by atoms with van der Waals surface area (Å²) in [7, 11) is 1.45. The molecule has 0 spiro atoms. The number of amides is 2. The first-order valence-electron chi connectivity index (χ1n) is 11.4. The number of nitriles is 1. The third-order valence-electron chi connectivity index (χ3n) is 5.35. The molecule has 0 unspecified atom stereocenters. The molecule has 2 aromatic carbocycles. The van der Waals surface area contributed by atoms with Gasteiger partial charge in [-0.25, -0.2) is 13.8 Å². The minimum atomic E-state index is -0.750. The summed E-state index contributed by atoms with van der Waals surface area (Å²) in [6.45, 7) is 4.17. The van der Waals surface area contributed by atoms with Crippen LogP contribution in [0.2, 0.25) is 0 Å². The van der Waals surface area contributed by atoms with E-state index in [1.807, 2.05) is 6.07 Å². The molecule has 0 aliphatic carbocycles. The molecule has 0 aliphatic rings. The topological polar surface area (TPSA) is 123 Å². The largest absolute Gasteiger partial charge is 0.370 e. The summed E-state index contributed by atoms with van der Waals surface area (Å²) in [6.07, 6.45) is 3.29. The van der Waals surface area contributed by atoms with Crippen LogP contribution in [0, 0.1) is 23.0 Å². The summed E-state index contributed by atoms with van der Waals surface area (Å²) >= 11 is 2.19. The number of nitrogens with one attached hydrogen (secondary N) is 3. The first-order chi connectivity index (χ1) is 18.3. The lowest BCUT2D eigenvalue weighted by molar-refractivity contribution is -0.113. The van der Waals surface area contributed by atoms with Crippen LogP contribution in [0.15, 0.2) is 55.3 Å². The fourth-order valence-corrected chi connectivity index (χ4v) is 3.87. The van der Waals surface area contributed by atoms with Crippen LogP contribution in [-0.4, -0.2) is 41.9 Å². The predicted octanol–water partition coefficient (Wildman–Crippen LogP) is 4.69. The van der Waals surface area contributed by atoms with E-state index in [2.05, 4.69) is 55.1 Å². The first kappa shape index (κ1) is 28.5. The average Bonchev–Trinajstić information content (AvgIpc) is 2.92. The molecule has 0 aliphatic heterocycles. The number of aromatic nitrogens is 2. The molecule has 1 aromatic heterocycles. The molecule has 0 radical (unpaired) electrons. The molecule has 3 N–H and O–H groups in total. The van der Waals surface area contributed by atoms with Crippen LogP contribution < -0.4 is 20.9 Å². The van der Waals surface area contributed by atoms with Crippen LogP contribution in [-0.2, 0) is 9.22 Å². The molecular formula is C26H24F2IN7O2. The normalized spacial score (nSPS) is 10.3. The third kappa shape index (κ3) is 7.22. The lowest BCUT2D eigenvalue weighted by atomic mass is 10.1. The molecule has 0 saturated heterocycles. The van der Waals surface area contributed by atoms with Crippen molar-refractivity contribution < 1.29 is 18.4 Å². The quantitative estimate of drug-likeness (QED) is 0.122. The van der Waals surface area contributed by atoms with Gasteiger partial charge in [0, 0.05) is 42.0 Å². The van der Waals surface area contributed by atoms with Gasteiger partial charge < -0.3 is 20.9 Å². The van der Waals surface area contributed by atoms with Crippen LogP contribution in [0.25, 0.3) is 0 Å².